The Morgan fingerprint density at radius 1 is 1.50 bits per heavy atom. The van der Waals surface area contributed by atoms with Gasteiger partial charge in [-0.1, -0.05) is 0 Å². The Morgan fingerprint density at radius 3 is 3.00 bits per heavy atom. The van der Waals surface area contributed by atoms with Crippen LogP contribution in [0.4, 0.5) is 0 Å². The maximum Gasteiger partial charge on any atom is 0.0205 e. The van der Waals surface area contributed by atoms with E-state index in [9.17, 15) is 0 Å². The molecule has 3 nitrogen and oxygen atoms in total. The summed E-state index contributed by atoms with van der Waals surface area (Å²) < 4.78 is 0. The molecule has 0 spiro atoms. The Morgan fingerprint density at radius 2 is 2.40 bits per heavy atom. The van der Waals surface area contributed by atoms with Gasteiger partial charge in [0.25, 0.3) is 0 Å². The molecule has 0 aromatic rings. The summed E-state index contributed by atoms with van der Waals surface area (Å²) in [5.41, 5.74) is 0. The topological polar surface area (TPSA) is 36.1 Å². The van der Waals surface area contributed by atoms with E-state index in [2.05, 4.69) is 16.0 Å². The smallest absolute Gasteiger partial charge is 0.0205 e. The molecular weight excluding hydrogens is 126 g/mol. The second-order valence-electron chi connectivity index (χ2n) is 2.75. The van der Waals surface area contributed by atoms with Crippen LogP contribution in [0.3, 0.4) is 0 Å². The number of hydrogen-bond acceptors (Lipinski definition) is 3. The molecule has 3 N–H and O–H groups in total. The molecule has 1 atom stereocenters. The normalized spacial score (nSPS) is 26.7. The third kappa shape index (κ3) is 2.64. The van der Waals surface area contributed by atoms with Crippen LogP contribution in [0.1, 0.15) is 6.42 Å². The first-order chi connectivity index (χ1) is 4.93. The van der Waals surface area contributed by atoms with Crippen molar-refractivity contribution >= 4 is 0 Å². The highest BCUT2D eigenvalue weighted by atomic mass is 15.1. The molecule has 1 fully saturated rings. The first-order valence-electron chi connectivity index (χ1n) is 4.02. The predicted octanol–water partition coefficient (Wildman–Crippen LogP) is -0.843. The van der Waals surface area contributed by atoms with Crippen molar-refractivity contribution in [1.82, 2.24) is 16.0 Å². The van der Waals surface area contributed by atoms with Crippen molar-refractivity contribution in [2.24, 2.45) is 0 Å². The largest absolute Gasteiger partial charge is 0.320 e. The van der Waals surface area contributed by atoms with Gasteiger partial charge in [-0.3, -0.25) is 0 Å². The van der Waals surface area contributed by atoms with Gasteiger partial charge in [-0.2, -0.15) is 0 Å². The lowest BCUT2D eigenvalue weighted by molar-refractivity contribution is 0.396. The van der Waals surface area contributed by atoms with Gasteiger partial charge < -0.3 is 16.0 Å². The number of rotatable bonds is 3. The third-order valence-corrected chi connectivity index (χ3v) is 1.87. The minimum Gasteiger partial charge on any atom is -0.320 e. The van der Waals surface area contributed by atoms with Crippen LogP contribution in [0.5, 0.6) is 0 Å². The zero-order valence-corrected chi connectivity index (χ0v) is 6.61. The summed E-state index contributed by atoms with van der Waals surface area (Å²) in [5.74, 6) is 0. The average Bonchev–Trinajstić information content (AvgIpc) is 2.03. The Kier molecular flexibility index (Phi) is 3.72. The summed E-state index contributed by atoms with van der Waals surface area (Å²) >= 11 is 0. The van der Waals surface area contributed by atoms with Crippen LogP contribution in [0.15, 0.2) is 0 Å². The van der Waals surface area contributed by atoms with Gasteiger partial charge in [0.05, 0.1) is 0 Å². The number of nitrogens with one attached hydrogen (secondary N) is 3. The SMILES string of the molecule is CNCCC1CNCCN1. The van der Waals surface area contributed by atoms with Crippen molar-refractivity contribution in [2.45, 2.75) is 12.5 Å². The van der Waals surface area contributed by atoms with E-state index in [1.807, 2.05) is 7.05 Å². The second kappa shape index (κ2) is 4.66. The zero-order chi connectivity index (χ0) is 7.23. The first-order valence-corrected chi connectivity index (χ1v) is 4.02. The molecule has 0 aromatic heterocycles. The Hall–Kier alpha value is -0.120. The van der Waals surface area contributed by atoms with Crippen molar-refractivity contribution in [1.29, 1.82) is 0 Å². The van der Waals surface area contributed by atoms with Crippen LogP contribution in [0, 0.1) is 0 Å². The Bertz CT molecular complexity index is 78.9. The summed E-state index contributed by atoms with van der Waals surface area (Å²) in [6.07, 6.45) is 1.23. The van der Waals surface area contributed by atoms with Crippen LogP contribution in [-0.4, -0.2) is 39.3 Å². The van der Waals surface area contributed by atoms with E-state index >= 15 is 0 Å². The molecule has 10 heavy (non-hydrogen) atoms. The lowest BCUT2D eigenvalue weighted by Crippen LogP contribution is -2.49. The van der Waals surface area contributed by atoms with E-state index in [0.29, 0.717) is 6.04 Å². The van der Waals surface area contributed by atoms with E-state index in [-0.39, 0.29) is 0 Å². The van der Waals surface area contributed by atoms with Crippen LogP contribution in [-0.2, 0) is 0 Å². The van der Waals surface area contributed by atoms with E-state index in [1.165, 1.54) is 6.42 Å². The van der Waals surface area contributed by atoms with Crippen molar-refractivity contribution in [3.05, 3.63) is 0 Å². The van der Waals surface area contributed by atoms with Gasteiger partial charge in [-0.15, -0.1) is 0 Å². The molecule has 1 aliphatic rings. The van der Waals surface area contributed by atoms with Crippen molar-refractivity contribution in [3.8, 4) is 0 Å². The van der Waals surface area contributed by atoms with Crippen LogP contribution in [0.2, 0.25) is 0 Å². The molecule has 0 aliphatic carbocycles. The number of piperazine rings is 1. The van der Waals surface area contributed by atoms with Crippen molar-refractivity contribution in [2.75, 3.05) is 33.2 Å². The monoisotopic (exact) mass is 143 g/mol. The maximum absolute atomic E-state index is 3.45. The van der Waals surface area contributed by atoms with Gasteiger partial charge in [-0.25, -0.2) is 0 Å². The van der Waals surface area contributed by atoms with Gasteiger partial charge in [0, 0.05) is 25.7 Å². The molecule has 1 rings (SSSR count). The van der Waals surface area contributed by atoms with Gasteiger partial charge >= 0.3 is 0 Å². The standard InChI is InChI=1S/C7H17N3/c1-8-3-2-7-6-9-4-5-10-7/h7-10H,2-6H2,1H3. The van der Waals surface area contributed by atoms with E-state index < -0.39 is 0 Å². The van der Waals surface area contributed by atoms with Gasteiger partial charge in [0.15, 0.2) is 0 Å². The lowest BCUT2D eigenvalue weighted by Gasteiger charge is -2.24. The molecule has 0 aromatic carbocycles. The molecule has 1 heterocycles. The molecule has 0 saturated carbocycles. The minimum atomic E-state index is 0.682. The first kappa shape index (κ1) is 7.98. The summed E-state index contributed by atoms with van der Waals surface area (Å²) in [7, 11) is 2.00. The lowest BCUT2D eigenvalue weighted by atomic mass is 10.2. The fourth-order valence-corrected chi connectivity index (χ4v) is 1.24. The van der Waals surface area contributed by atoms with Crippen LogP contribution in [0.25, 0.3) is 0 Å². The minimum absolute atomic E-state index is 0.682. The molecular formula is C7H17N3. The highest BCUT2D eigenvalue weighted by molar-refractivity contribution is 4.75. The molecule has 0 amide bonds. The summed E-state index contributed by atoms with van der Waals surface area (Å²) in [6.45, 7) is 4.48. The van der Waals surface area contributed by atoms with Gasteiger partial charge in [0.2, 0.25) is 0 Å². The molecule has 1 aliphatic heterocycles. The molecule has 0 bridgehead atoms. The highest BCUT2D eigenvalue weighted by Crippen LogP contribution is 1.91. The molecule has 1 unspecified atom stereocenters. The van der Waals surface area contributed by atoms with Crippen LogP contribution < -0.4 is 16.0 Å². The van der Waals surface area contributed by atoms with E-state index in [0.717, 1.165) is 26.2 Å². The highest BCUT2D eigenvalue weighted by Gasteiger charge is 2.09. The molecule has 3 heteroatoms. The van der Waals surface area contributed by atoms with Crippen molar-refractivity contribution in [3.63, 3.8) is 0 Å². The Balaban J connectivity index is 2.02. The number of hydrogen-bond donors (Lipinski definition) is 3. The maximum atomic E-state index is 3.45. The summed E-state index contributed by atoms with van der Waals surface area (Å²) in [5, 5.41) is 9.95. The third-order valence-electron chi connectivity index (χ3n) is 1.87. The summed E-state index contributed by atoms with van der Waals surface area (Å²) in [6, 6.07) is 0.682. The predicted molar refractivity (Wildman–Crippen MR) is 43.2 cm³/mol. The molecule has 0 radical (unpaired) electrons. The quantitative estimate of drug-likeness (QED) is 0.482. The fourth-order valence-electron chi connectivity index (χ4n) is 1.24. The zero-order valence-electron chi connectivity index (χ0n) is 6.61. The average molecular weight is 143 g/mol. The van der Waals surface area contributed by atoms with Crippen molar-refractivity contribution < 1.29 is 0 Å². The molecule has 60 valence electrons. The van der Waals surface area contributed by atoms with Crippen LogP contribution >= 0.6 is 0 Å². The molecule has 1 saturated heterocycles. The Labute approximate surface area is 62.6 Å². The van der Waals surface area contributed by atoms with E-state index in [4.69, 9.17) is 0 Å². The van der Waals surface area contributed by atoms with Gasteiger partial charge in [-0.05, 0) is 20.0 Å². The fraction of sp³-hybridized carbons (Fsp3) is 1.00. The van der Waals surface area contributed by atoms with E-state index in [1.54, 1.807) is 0 Å². The summed E-state index contributed by atoms with van der Waals surface area (Å²) in [4.78, 5) is 0. The second-order valence-corrected chi connectivity index (χ2v) is 2.75. The van der Waals surface area contributed by atoms with Gasteiger partial charge in [0.1, 0.15) is 0 Å².